The van der Waals surface area contributed by atoms with E-state index in [-0.39, 0.29) is 11.9 Å². The summed E-state index contributed by atoms with van der Waals surface area (Å²) in [6.45, 7) is 5.61. The molecular formula is C14H19NO3S. The van der Waals surface area contributed by atoms with E-state index in [9.17, 15) is 9.59 Å². The molecule has 1 unspecified atom stereocenters. The molecule has 1 aromatic rings. The SMILES string of the molecule is CC(Cc1cccs1)NC(=O)[C@@H]1[C@H](C(=O)O)C1(C)C. The van der Waals surface area contributed by atoms with Crippen LogP contribution < -0.4 is 5.32 Å². The van der Waals surface area contributed by atoms with Crippen molar-refractivity contribution in [2.24, 2.45) is 17.3 Å². The largest absolute Gasteiger partial charge is 0.481 e. The fourth-order valence-corrected chi connectivity index (χ4v) is 3.54. The molecule has 0 aliphatic heterocycles. The Morgan fingerprint density at radius 3 is 2.63 bits per heavy atom. The summed E-state index contributed by atoms with van der Waals surface area (Å²) in [5.74, 6) is -1.98. The van der Waals surface area contributed by atoms with E-state index in [1.165, 1.54) is 4.88 Å². The Kier molecular flexibility index (Phi) is 3.67. The van der Waals surface area contributed by atoms with Gasteiger partial charge in [0, 0.05) is 17.3 Å². The highest BCUT2D eigenvalue weighted by Gasteiger charge is 2.65. The first-order valence-corrected chi connectivity index (χ1v) is 7.27. The van der Waals surface area contributed by atoms with Crippen molar-refractivity contribution in [3.8, 4) is 0 Å². The van der Waals surface area contributed by atoms with E-state index in [2.05, 4.69) is 5.32 Å². The molecule has 2 N–H and O–H groups in total. The minimum absolute atomic E-state index is 0.0250. The summed E-state index contributed by atoms with van der Waals surface area (Å²) in [5, 5.41) is 14.0. The summed E-state index contributed by atoms with van der Waals surface area (Å²) >= 11 is 1.66. The predicted octanol–water partition coefficient (Wildman–Crippen LogP) is 2.15. The number of aliphatic carboxylic acids is 1. The molecule has 0 aromatic carbocycles. The van der Waals surface area contributed by atoms with Crippen LogP contribution in [0, 0.1) is 17.3 Å². The van der Waals surface area contributed by atoms with E-state index >= 15 is 0 Å². The average Bonchev–Trinajstić information content (AvgIpc) is 2.66. The van der Waals surface area contributed by atoms with E-state index in [0.717, 1.165) is 6.42 Å². The predicted molar refractivity (Wildman–Crippen MR) is 74.0 cm³/mol. The third-order valence-corrected chi connectivity index (χ3v) is 4.75. The smallest absolute Gasteiger partial charge is 0.307 e. The second kappa shape index (κ2) is 4.96. The molecule has 5 heteroatoms. The molecule has 1 saturated carbocycles. The number of carbonyl (C=O) groups is 2. The Labute approximate surface area is 116 Å². The van der Waals surface area contributed by atoms with E-state index in [1.54, 1.807) is 11.3 Å². The number of hydrogen-bond acceptors (Lipinski definition) is 3. The zero-order valence-corrected chi connectivity index (χ0v) is 12.2. The van der Waals surface area contributed by atoms with Crippen LogP contribution in [0.5, 0.6) is 0 Å². The Morgan fingerprint density at radius 2 is 2.16 bits per heavy atom. The lowest BCUT2D eigenvalue weighted by atomic mass is 10.1. The van der Waals surface area contributed by atoms with Gasteiger partial charge in [-0.2, -0.15) is 0 Å². The summed E-state index contributed by atoms with van der Waals surface area (Å²) in [7, 11) is 0. The molecule has 1 aromatic heterocycles. The number of nitrogens with one attached hydrogen (secondary N) is 1. The van der Waals surface area contributed by atoms with Gasteiger partial charge in [-0.3, -0.25) is 9.59 Å². The highest BCUT2D eigenvalue weighted by Crippen LogP contribution is 2.58. The van der Waals surface area contributed by atoms with Crippen molar-refractivity contribution in [2.75, 3.05) is 0 Å². The second-order valence-corrected chi connectivity index (χ2v) is 6.84. The van der Waals surface area contributed by atoms with Crippen molar-refractivity contribution < 1.29 is 14.7 Å². The highest BCUT2D eigenvalue weighted by atomic mass is 32.1. The highest BCUT2D eigenvalue weighted by molar-refractivity contribution is 7.09. The number of hydrogen-bond donors (Lipinski definition) is 2. The van der Waals surface area contributed by atoms with Gasteiger partial charge >= 0.3 is 5.97 Å². The first-order valence-electron chi connectivity index (χ1n) is 6.39. The van der Waals surface area contributed by atoms with Crippen LogP contribution in [0.3, 0.4) is 0 Å². The summed E-state index contributed by atoms with van der Waals surface area (Å²) in [5.41, 5.74) is -0.432. The second-order valence-electron chi connectivity index (χ2n) is 5.81. The van der Waals surface area contributed by atoms with Crippen LogP contribution >= 0.6 is 11.3 Å². The van der Waals surface area contributed by atoms with Crippen LogP contribution in [-0.4, -0.2) is 23.0 Å². The fourth-order valence-electron chi connectivity index (χ4n) is 2.70. The Bertz CT molecular complexity index is 481. The number of amides is 1. The van der Waals surface area contributed by atoms with Crippen molar-refractivity contribution >= 4 is 23.2 Å². The van der Waals surface area contributed by atoms with Crippen molar-refractivity contribution in [3.05, 3.63) is 22.4 Å². The summed E-state index contributed by atoms with van der Waals surface area (Å²) in [6.07, 6.45) is 0.786. The molecule has 1 aliphatic rings. The standard InChI is InChI=1S/C14H19NO3S/c1-8(7-9-5-4-6-19-9)15-12(16)10-11(13(17)18)14(10,2)3/h4-6,8,10-11H,7H2,1-3H3,(H,15,16)(H,17,18)/t8?,10-,11+/m0/s1. The van der Waals surface area contributed by atoms with Crippen molar-refractivity contribution in [1.82, 2.24) is 5.32 Å². The van der Waals surface area contributed by atoms with E-state index in [4.69, 9.17) is 5.11 Å². The van der Waals surface area contributed by atoms with E-state index in [0.29, 0.717) is 0 Å². The van der Waals surface area contributed by atoms with Gasteiger partial charge in [-0.15, -0.1) is 11.3 Å². The summed E-state index contributed by atoms with van der Waals surface area (Å²) in [4.78, 5) is 24.4. The first-order chi connectivity index (χ1) is 8.84. The van der Waals surface area contributed by atoms with Gasteiger partial charge in [0.2, 0.25) is 5.91 Å². The molecule has 19 heavy (non-hydrogen) atoms. The van der Waals surface area contributed by atoms with Crippen molar-refractivity contribution in [1.29, 1.82) is 0 Å². The van der Waals surface area contributed by atoms with Gasteiger partial charge < -0.3 is 10.4 Å². The molecule has 2 rings (SSSR count). The van der Waals surface area contributed by atoms with Gasteiger partial charge in [0.1, 0.15) is 0 Å². The Morgan fingerprint density at radius 1 is 1.47 bits per heavy atom. The maximum absolute atomic E-state index is 12.1. The number of rotatable bonds is 5. The molecule has 0 spiro atoms. The van der Waals surface area contributed by atoms with Crippen LogP contribution in [0.1, 0.15) is 25.6 Å². The van der Waals surface area contributed by atoms with E-state index in [1.807, 2.05) is 38.3 Å². The van der Waals surface area contributed by atoms with Crippen LogP contribution in [0.15, 0.2) is 17.5 Å². The minimum Gasteiger partial charge on any atom is -0.481 e. The Hall–Kier alpha value is -1.36. The van der Waals surface area contributed by atoms with Gasteiger partial charge in [0.15, 0.2) is 0 Å². The molecule has 0 radical (unpaired) electrons. The lowest BCUT2D eigenvalue weighted by Gasteiger charge is -2.13. The third kappa shape index (κ3) is 2.81. The molecule has 4 nitrogen and oxygen atoms in total. The van der Waals surface area contributed by atoms with Crippen LogP contribution in [0.4, 0.5) is 0 Å². The van der Waals surface area contributed by atoms with Crippen molar-refractivity contribution in [2.45, 2.75) is 33.2 Å². The minimum atomic E-state index is -0.879. The Balaban J connectivity index is 1.90. The van der Waals surface area contributed by atoms with Gasteiger partial charge in [-0.25, -0.2) is 0 Å². The summed E-state index contributed by atoms with van der Waals surface area (Å²) in [6, 6.07) is 4.05. The normalized spacial score (nSPS) is 25.6. The molecule has 1 aliphatic carbocycles. The van der Waals surface area contributed by atoms with Crippen LogP contribution in [-0.2, 0) is 16.0 Å². The van der Waals surface area contributed by atoms with Gasteiger partial charge in [0.25, 0.3) is 0 Å². The van der Waals surface area contributed by atoms with Gasteiger partial charge in [-0.05, 0) is 23.8 Å². The molecule has 104 valence electrons. The molecule has 0 bridgehead atoms. The summed E-state index contributed by atoms with van der Waals surface area (Å²) < 4.78 is 0. The third-order valence-electron chi connectivity index (χ3n) is 3.85. The first kappa shape index (κ1) is 14.1. The molecule has 3 atom stereocenters. The van der Waals surface area contributed by atoms with Crippen LogP contribution in [0.25, 0.3) is 0 Å². The maximum Gasteiger partial charge on any atom is 0.307 e. The molecular weight excluding hydrogens is 262 g/mol. The number of thiophene rings is 1. The molecule has 1 heterocycles. The van der Waals surface area contributed by atoms with Crippen LogP contribution in [0.2, 0.25) is 0 Å². The number of carboxylic acids is 1. The monoisotopic (exact) mass is 281 g/mol. The topological polar surface area (TPSA) is 66.4 Å². The average molecular weight is 281 g/mol. The zero-order valence-electron chi connectivity index (χ0n) is 11.3. The zero-order chi connectivity index (χ0) is 14.2. The van der Waals surface area contributed by atoms with Gasteiger partial charge in [0.05, 0.1) is 11.8 Å². The molecule has 1 fully saturated rings. The lowest BCUT2D eigenvalue weighted by molar-refractivity contribution is -0.140. The number of carboxylic acid groups (broad SMARTS) is 1. The van der Waals surface area contributed by atoms with E-state index < -0.39 is 23.2 Å². The maximum atomic E-state index is 12.1. The molecule has 1 amide bonds. The molecule has 0 saturated heterocycles. The lowest BCUT2D eigenvalue weighted by Crippen LogP contribution is -2.36. The number of carbonyl (C=O) groups excluding carboxylic acids is 1. The quantitative estimate of drug-likeness (QED) is 0.869. The fraction of sp³-hybridized carbons (Fsp3) is 0.571. The van der Waals surface area contributed by atoms with Gasteiger partial charge in [-0.1, -0.05) is 19.9 Å². The van der Waals surface area contributed by atoms with Crippen molar-refractivity contribution in [3.63, 3.8) is 0 Å².